The molecule has 0 bridgehead atoms. The molecule has 1 atom stereocenters. The molecule has 2 aliphatic rings. The van der Waals surface area contributed by atoms with Crippen molar-refractivity contribution in [2.24, 2.45) is 20.7 Å². The fourth-order valence-electron chi connectivity index (χ4n) is 1.04. The lowest BCUT2D eigenvalue weighted by molar-refractivity contribution is -0.139. The van der Waals surface area contributed by atoms with Crippen LogP contribution in [-0.2, 0) is 4.79 Å². The Kier molecular flexibility index (Phi) is 3.97. The van der Waals surface area contributed by atoms with Gasteiger partial charge in [-0.05, 0) is 29.8 Å². The van der Waals surface area contributed by atoms with Gasteiger partial charge in [-0.1, -0.05) is 0 Å². The molecule has 0 saturated carbocycles. The van der Waals surface area contributed by atoms with E-state index in [1.165, 1.54) is 0 Å². The van der Waals surface area contributed by atoms with Gasteiger partial charge in [-0.3, -0.25) is 4.79 Å². The van der Waals surface area contributed by atoms with Crippen molar-refractivity contribution < 1.29 is 9.90 Å². The van der Waals surface area contributed by atoms with E-state index in [2.05, 4.69) is 26.0 Å². The smallest absolute Gasteiger partial charge is 0.320 e. The molecular formula is C6H11N5O2. The summed E-state index contributed by atoms with van der Waals surface area (Å²) in [5.41, 5.74) is 0. The van der Waals surface area contributed by atoms with Crippen LogP contribution in [0.2, 0.25) is 0 Å². The van der Waals surface area contributed by atoms with E-state index in [1.807, 2.05) is 0 Å². The molecule has 72 valence electrons. The summed E-state index contributed by atoms with van der Waals surface area (Å²) in [4.78, 5) is 10.1. The molecule has 7 heteroatoms. The monoisotopic (exact) mass is 185 g/mol. The normalized spacial score (nSPS) is 24.2. The molecule has 2 heterocycles. The molecule has 2 aliphatic heterocycles. The van der Waals surface area contributed by atoms with Crippen LogP contribution >= 0.6 is 0 Å². The minimum Gasteiger partial charge on any atom is -0.480 e. The lowest BCUT2D eigenvalue weighted by atomic mass is 10.2. The molecule has 2 N–H and O–H groups in total. The quantitative estimate of drug-likeness (QED) is 0.625. The lowest BCUT2D eigenvalue weighted by Crippen LogP contribution is -2.29. The number of rotatable bonds is 1. The van der Waals surface area contributed by atoms with Gasteiger partial charge in [0.05, 0.1) is 0 Å². The molecule has 1 fully saturated rings. The summed E-state index contributed by atoms with van der Waals surface area (Å²) < 4.78 is 0. The van der Waals surface area contributed by atoms with Crippen molar-refractivity contribution >= 4 is 5.97 Å². The number of carboxylic acids is 1. The molecule has 0 amide bonds. The number of carbonyl (C=O) groups is 1. The molecule has 7 nitrogen and oxygen atoms in total. The zero-order valence-corrected chi connectivity index (χ0v) is 7.05. The van der Waals surface area contributed by atoms with Gasteiger partial charge in [0.15, 0.2) is 6.67 Å². The summed E-state index contributed by atoms with van der Waals surface area (Å²) in [6.07, 6.45) is 1.78. The van der Waals surface area contributed by atoms with E-state index >= 15 is 0 Å². The first-order valence-electron chi connectivity index (χ1n) is 4.00. The third kappa shape index (κ3) is 3.70. The highest BCUT2D eigenvalue weighted by molar-refractivity contribution is 5.73. The minimum absolute atomic E-state index is 0.269. The Labute approximate surface area is 74.9 Å². The molecule has 0 radical (unpaired) electrons. The molecule has 0 spiro atoms. The van der Waals surface area contributed by atoms with Gasteiger partial charge in [0.2, 0.25) is 0 Å². The van der Waals surface area contributed by atoms with Crippen LogP contribution in [0.15, 0.2) is 20.7 Å². The highest BCUT2D eigenvalue weighted by Crippen LogP contribution is 2.03. The summed E-state index contributed by atoms with van der Waals surface area (Å²) in [5, 5.41) is 24.3. The zero-order valence-electron chi connectivity index (χ0n) is 7.05. The molecule has 0 unspecified atom stereocenters. The van der Waals surface area contributed by atoms with E-state index in [4.69, 9.17) is 5.11 Å². The first-order chi connectivity index (χ1) is 6.30. The number of nitrogens with zero attached hydrogens (tertiary/aromatic N) is 4. The van der Waals surface area contributed by atoms with E-state index in [1.54, 1.807) is 0 Å². The van der Waals surface area contributed by atoms with Crippen molar-refractivity contribution in [3.8, 4) is 0 Å². The van der Waals surface area contributed by atoms with Gasteiger partial charge >= 0.3 is 5.97 Å². The summed E-state index contributed by atoms with van der Waals surface area (Å²) >= 11 is 0. The molecule has 0 aliphatic carbocycles. The van der Waals surface area contributed by atoms with E-state index in [9.17, 15) is 4.79 Å². The maximum absolute atomic E-state index is 10.1. The van der Waals surface area contributed by atoms with Gasteiger partial charge in [0, 0.05) is 0 Å². The number of nitrogens with one attached hydrogen (secondary N) is 1. The van der Waals surface area contributed by atoms with Crippen molar-refractivity contribution in [3.05, 3.63) is 0 Å². The fourth-order valence-corrected chi connectivity index (χ4v) is 1.04. The first-order valence-corrected chi connectivity index (χ1v) is 4.00. The van der Waals surface area contributed by atoms with Crippen molar-refractivity contribution in [2.45, 2.75) is 18.9 Å². The second-order valence-corrected chi connectivity index (χ2v) is 2.59. The van der Waals surface area contributed by atoms with Gasteiger partial charge in [-0.15, -0.1) is 10.2 Å². The zero-order chi connectivity index (χ0) is 9.52. The minimum atomic E-state index is -0.720. The highest BCUT2D eigenvalue weighted by Gasteiger charge is 2.20. The lowest BCUT2D eigenvalue weighted by Gasteiger charge is -1.99. The SMILES string of the molecule is C1N=NN=N1.O=C(O)[C@@H]1CCCN1. The number of carboxylic acid groups (broad SMARTS) is 1. The Balaban J connectivity index is 0.000000145. The molecule has 1 saturated heterocycles. The fraction of sp³-hybridized carbons (Fsp3) is 0.833. The van der Waals surface area contributed by atoms with Gasteiger partial charge in [-0.25, -0.2) is 0 Å². The highest BCUT2D eigenvalue weighted by atomic mass is 16.4. The Bertz CT molecular complexity index is 211. The van der Waals surface area contributed by atoms with Gasteiger partial charge < -0.3 is 10.4 Å². The van der Waals surface area contributed by atoms with Crippen molar-refractivity contribution in [1.29, 1.82) is 0 Å². The van der Waals surface area contributed by atoms with Gasteiger partial charge in [0.25, 0.3) is 0 Å². The second-order valence-electron chi connectivity index (χ2n) is 2.59. The van der Waals surface area contributed by atoms with Crippen molar-refractivity contribution in [1.82, 2.24) is 5.32 Å². The van der Waals surface area contributed by atoms with Crippen LogP contribution in [0.1, 0.15) is 12.8 Å². The number of hydrogen-bond acceptors (Lipinski definition) is 6. The van der Waals surface area contributed by atoms with Crippen LogP contribution in [0.25, 0.3) is 0 Å². The van der Waals surface area contributed by atoms with Crippen LogP contribution in [0.4, 0.5) is 0 Å². The van der Waals surface area contributed by atoms with Crippen molar-refractivity contribution in [2.75, 3.05) is 13.2 Å². The summed E-state index contributed by atoms with van der Waals surface area (Å²) in [7, 11) is 0. The molecule has 0 aromatic heterocycles. The molecule has 2 rings (SSSR count). The van der Waals surface area contributed by atoms with Crippen LogP contribution in [0.3, 0.4) is 0 Å². The largest absolute Gasteiger partial charge is 0.480 e. The van der Waals surface area contributed by atoms with Gasteiger partial charge in [-0.2, -0.15) is 0 Å². The van der Waals surface area contributed by atoms with Crippen LogP contribution in [-0.4, -0.2) is 30.3 Å². The maximum atomic E-state index is 10.1. The van der Waals surface area contributed by atoms with E-state index in [0.29, 0.717) is 6.67 Å². The van der Waals surface area contributed by atoms with Crippen LogP contribution < -0.4 is 5.32 Å². The third-order valence-electron chi connectivity index (χ3n) is 1.65. The van der Waals surface area contributed by atoms with Crippen molar-refractivity contribution in [3.63, 3.8) is 0 Å². The summed E-state index contributed by atoms with van der Waals surface area (Å²) in [6, 6.07) is -0.269. The first kappa shape index (κ1) is 9.72. The van der Waals surface area contributed by atoms with E-state index in [0.717, 1.165) is 19.4 Å². The number of aliphatic carboxylic acids is 1. The van der Waals surface area contributed by atoms with Gasteiger partial charge in [0.1, 0.15) is 6.04 Å². The maximum Gasteiger partial charge on any atom is 0.320 e. The Hall–Kier alpha value is -1.37. The van der Waals surface area contributed by atoms with Crippen LogP contribution in [0, 0.1) is 0 Å². The van der Waals surface area contributed by atoms with E-state index in [-0.39, 0.29) is 6.04 Å². The summed E-state index contributed by atoms with van der Waals surface area (Å²) in [6.45, 7) is 1.27. The standard InChI is InChI=1S/C5H9NO2.CH2N4/c7-5(8)4-2-1-3-6-4;1-2-4-5-3-1/h4,6H,1-3H2,(H,7,8);1H2/t4-;/m0./s1. The summed E-state index contributed by atoms with van der Waals surface area (Å²) in [5.74, 6) is -0.720. The van der Waals surface area contributed by atoms with Crippen LogP contribution in [0.5, 0.6) is 0 Å². The average molecular weight is 185 g/mol. The molecular weight excluding hydrogens is 174 g/mol. The second kappa shape index (κ2) is 5.31. The van der Waals surface area contributed by atoms with E-state index < -0.39 is 5.97 Å². The average Bonchev–Trinajstić information content (AvgIpc) is 2.82. The Morgan fingerprint density at radius 2 is 2.08 bits per heavy atom. The predicted octanol–water partition coefficient (Wildman–Crippen LogP) is 0.600. The predicted molar refractivity (Wildman–Crippen MR) is 43.2 cm³/mol. The number of hydrogen-bond donors (Lipinski definition) is 2. The molecule has 0 aromatic carbocycles. The Morgan fingerprint density at radius 1 is 1.38 bits per heavy atom. The Morgan fingerprint density at radius 3 is 2.31 bits per heavy atom. The topological polar surface area (TPSA) is 98.8 Å². The third-order valence-corrected chi connectivity index (χ3v) is 1.65. The molecule has 13 heavy (non-hydrogen) atoms. The molecule has 0 aromatic rings.